The van der Waals surface area contributed by atoms with Crippen molar-refractivity contribution >= 4 is 5.91 Å². The van der Waals surface area contributed by atoms with Gasteiger partial charge < -0.3 is 24.3 Å². The first kappa shape index (κ1) is 19.9. The number of hydrogen-bond donors (Lipinski definition) is 1. The lowest BCUT2D eigenvalue weighted by Gasteiger charge is -2.17. The summed E-state index contributed by atoms with van der Waals surface area (Å²) in [6, 6.07) is 11.7. The first-order chi connectivity index (χ1) is 13.0. The third kappa shape index (κ3) is 5.05. The fourth-order valence-corrected chi connectivity index (χ4v) is 2.44. The molecule has 0 saturated carbocycles. The number of nitrogens with one attached hydrogen (secondary N) is 1. The van der Waals surface area contributed by atoms with Gasteiger partial charge in [-0.15, -0.1) is 0 Å². The van der Waals surface area contributed by atoms with Crippen LogP contribution in [-0.4, -0.2) is 33.8 Å². The molecule has 0 saturated heterocycles. The number of rotatable bonds is 8. The van der Waals surface area contributed by atoms with Crippen molar-refractivity contribution in [1.82, 2.24) is 5.32 Å². The first-order valence-electron chi connectivity index (χ1n) is 8.20. The van der Waals surface area contributed by atoms with Crippen molar-refractivity contribution in [3.05, 3.63) is 47.5 Å². The van der Waals surface area contributed by atoms with Crippen LogP contribution in [-0.2, 0) is 4.79 Å². The molecule has 0 heterocycles. The van der Waals surface area contributed by atoms with Gasteiger partial charge in [-0.05, 0) is 36.8 Å². The second kappa shape index (κ2) is 9.34. The number of carbonyl (C=O) groups excluding carboxylic acids is 1. The van der Waals surface area contributed by atoms with Crippen LogP contribution in [0.25, 0.3) is 0 Å². The minimum Gasteiger partial charge on any atom is -0.493 e. The van der Waals surface area contributed by atoms with Crippen LogP contribution in [0.2, 0.25) is 0 Å². The maximum Gasteiger partial charge on any atom is 0.259 e. The van der Waals surface area contributed by atoms with Crippen LogP contribution in [0.15, 0.2) is 36.4 Å². The van der Waals surface area contributed by atoms with E-state index in [1.165, 1.54) is 21.3 Å². The Morgan fingerprint density at radius 3 is 2.15 bits per heavy atom. The van der Waals surface area contributed by atoms with Gasteiger partial charge in [0.05, 0.1) is 27.4 Å². The van der Waals surface area contributed by atoms with E-state index in [2.05, 4.69) is 11.4 Å². The molecule has 2 aromatic rings. The van der Waals surface area contributed by atoms with Crippen LogP contribution < -0.4 is 24.3 Å². The topological polar surface area (TPSA) is 89.8 Å². The van der Waals surface area contributed by atoms with Crippen LogP contribution >= 0.6 is 0 Å². The molecule has 2 rings (SSSR count). The Labute approximate surface area is 158 Å². The van der Waals surface area contributed by atoms with Gasteiger partial charge in [-0.2, -0.15) is 5.26 Å². The van der Waals surface area contributed by atoms with Gasteiger partial charge in [0.15, 0.2) is 18.1 Å². The summed E-state index contributed by atoms with van der Waals surface area (Å²) in [6.07, 6.45) is 0. The third-order valence-electron chi connectivity index (χ3n) is 3.85. The van der Waals surface area contributed by atoms with Crippen LogP contribution in [0.1, 0.15) is 17.2 Å². The van der Waals surface area contributed by atoms with Crippen LogP contribution in [0.3, 0.4) is 0 Å². The lowest BCUT2D eigenvalue weighted by Crippen LogP contribution is -2.32. The molecule has 0 fully saturated rings. The van der Waals surface area contributed by atoms with Crippen molar-refractivity contribution in [2.24, 2.45) is 0 Å². The van der Waals surface area contributed by atoms with Crippen molar-refractivity contribution in [1.29, 1.82) is 5.26 Å². The minimum absolute atomic E-state index is 0.203. The van der Waals surface area contributed by atoms with Crippen LogP contribution in [0.5, 0.6) is 23.0 Å². The SMILES string of the molecule is COc1cc(C(C#N)NC(=O)COc2ccc(C)cc2)cc(OC)c1OC. The van der Waals surface area contributed by atoms with Crippen molar-refractivity contribution in [2.45, 2.75) is 13.0 Å². The molecular weight excluding hydrogens is 348 g/mol. The zero-order chi connectivity index (χ0) is 19.8. The van der Waals surface area contributed by atoms with Gasteiger partial charge in [-0.3, -0.25) is 4.79 Å². The lowest BCUT2D eigenvalue weighted by atomic mass is 10.1. The Balaban J connectivity index is 2.11. The number of carbonyl (C=O) groups is 1. The van der Waals surface area contributed by atoms with E-state index < -0.39 is 11.9 Å². The average molecular weight is 370 g/mol. The fraction of sp³-hybridized carbons (Fsp3) is 0.300. The highest BCUT2D eigenvalue weighted by molar-refractivity contribution is 5.78. The molecule has 0 aromatic heterocycles. The lowest BCUT2D eigenvalue weighted by molar-refractivity contribution is -0.123. The van der Waals surface area contributed by atoms with E-state index in [1.54, 1.807) is 24.3 Å². The van der Waals surface area contributed by atoms with Crippen LogP contribution in [0, 0.1) is 18.3 Å². The Morgan fingerprint density at radius 1 is 1.07 bits per heavy atom. The van der Waals surface area contributed by atoms with Crippen molar-refractivity contribution in [3.63, 3.8) is 0 Å². The molecule has 7 nitrogen and oxygen atoms in total. The molecule has 0 spiro atoms. The summed E-state index contributed by atoms with van der Waals surface area (Å²) in [5, 5.41) is 12.1. The average Bonchev–Trinajstić information content (AvgIpc) is 2.70. The second-order valence-corrected chi connectivity index (χ2v) is 5.69. The zero-order valence-electron chi connectivity index (χ0n) is 15.7. The molecule has 7 heteroatoms. The number of amides is 1. The fourth-order valence-electron chi connectivity index (χ4n) is 2.44. The first-order valence-corrected chi connectivity index (χ1v) is 8.20. The molecule has 0 radical (unpaired) electrons. The number of ether oxygens (including phenoxy) is 4. The zero-order valence-corrected chi connectivity index (χ0v) is 15.7. The van der Waals surface area contributed by atoms with Gasteiger partial charge in [0, 0.05) is 0 Å². The van der Waals surface area contributed by atoms with E-state index in [4.69, 9.17) is 18.9 Å². The van der Waals surface area contributed by atoms with Crippen molar-refractivity contribution in [2.75, 3.05) is 27.9 Å². The standard InChI is InChI=1S/C20H22N2O5/c1-13-5-7-15(8-6-13)27-12-19(23)22-16(11-21)14-9-17(24-2)20(26-4)18(10-14)25-3/h5-10,16H,12H2,1-4H3,(H,22,23). The number of nitrogens with zero attached hydrogens (tertiary/aromatic N) is 1. The molecule has 1 atom stereocenters. The molecule has 142 valence electrons. The van der Waals surface area contributed by atoms with Gasteiger partial charge in [-0.1, -0.05) is 17.7 Å². The van der Waals surface area contributed by atoms with Gasteiger partial charge in [0.25, 0.3) is 5.91 Å². The summed E-state index contributed by atoms with van der Waals surface area (Å²) >= 11 is 0. The number of benzene rings is 2. The predicted molar refractivity (Wildman–Crippen MR) is 99.3 cm³/mol. The highest BCUT2D eigenvalue weighted by atomic mass is 16.5. The summed E-state index contributed by atoms with van der Waals surface area (Å²) in [5.41, 5.74) is 1.61. The number of hydrogen-bond acceptors (Lipinski definition) is 6. The number of nitriles is 1. The van der Waals surface area contributed by atoms with Crippen molar-refractivity contribution < 1.29 is 23.7 Å². The smallest absolute Gasteiger partial charge is 0.259 e. The van der Waals surface area contributed by atoms with E-state index in [-0.39, 0.29) is 6.61 Å². The summed E-state index contributed by atoms with van der Waals surface area (Å²) in [7, 11) is 4.46. The van der Waals surface area contributed by atoms with Gasteiger partial charge in [-0.25, -0.2) is 0 Å². The Bertz CT molecular complexity index is 802. The highest BCUT2D eigenvalue weighted by Crippen LogP contribution is 2.39. The second-order valence-electron chi connectivity index (χ2n) is 5.69. The summed E-state index contributed by atoms with van der Waals surface area (Å²) in [6.45, 7) is 1.76. The Kier molecular flexibility index (Phi) is 6.89. The summed E-state index contributed by atoms with van der Waals surface area (Å²) in [5.74, 6) is 1.37. The maximum atomic E-state index is 12.2. The molecule has 1 amide bonds. The number of aryl methyl sites for hydroxylation is 1. The van der Waals surface area contributed by atoms with E-state index in [0.29, 0.717) is 28.6 Å². The molecule has 0 aliphatic heterocycles. The van der Waals surface area contributed by atoms with E-state index in [1.807, 2.05) is 19.1 Å². The largest absolute Gasteiger partial charge is 0.493 e. The van der Waals surface area contributed by atoms with Crippen LogP contribution in [0.4, 0.5) is 0 Å². The number of methoxy groups -OCH3 is 3. The minimum atomic E-state index is -0.896. The molecule has 27 heavy (non-hydrogen) atoms. The normalized spacial score (nSPS) is 11.1. The quantitative estimate of drug-likeness (QED) is 0.768. The summed E-state index contributed by atoms with van der Waals surface area (Å²) < 4.78 is 21.3. The molecule has 1 unspecified atom stereocenters. The highest BCUT2D eigenvalue weighted by Gasteiger charge is 2.20. The molecule has 0 bridgehead atoms. The van der Waals surface area contributed by atoms with E-state index in [0.717, 1.165) is 5.56 Å². The molecule has 0 aliphatic carbocycles. The van der Waals surface area contributed by atoms with Gasteiger partial charge >= 0.3 is 0 Å². The van der Waals surface area contributed by atoms with E-state index >= 15 is 0 Å². The third-order valence-corrected chi connectivity index (χ3v) is 3.85. The van der Waals surface area contributed by atoms with Crippen molar-refractivity contribution in [3.8, 4) is 29.1 Å². The molecule has 1 N–H and O–H groups in total. The Morgan fingerprint density at radius 2 is 1.67 bits per heavy atom. The van der Waals surface area contributed by atoms with E-state index in [9.17, 15) is 10.1 Å². The monoisotopic (exact) mass is 370 g/mol. The summed E-state index contributed by atoms with van der Waals surface area (Å²) in [4.78, 5) is 12.2. The van der Waals surface area contributed by atoms with Gasteiger partial charge in [0.2, 0.25) is 5.75 Å². The molecule has 0 aliphatic rings. The Hall–Kier alpha value is -3.40. The molecular formula is C20H22N2O5. The van der Waals surface area contributed by atoms with Gasteiger partial charge in [0.1, 0.15) is 11.8 Å². The molecule has 2 aromatic carbocycles. The maximum absolute atomic E-state index is 12.2. The predicted octanol–water partition coefficient (Wildman–Crippen LogP) is 2.78.